The molecule has 0 aliphatic heterocycles. The van der Waals surface area contributed by atoms with Gasteiger partial charge >= 0.3 is 0 Å². The van der Waals surface area contributed by atoms with Crippen LogP contribution in [0.25, 0.3) is 0 Å². The zero-order valence-corrected chi connectivity index (χ0v) is 9.52. The van der Waals surface area contributed by atoms with Crippen molar-refractivity contribution in [2.75, 3.05) is 7.11 Å². The minimum Gasteiger partial charge on any atom is -0.493 e. The molecule has 1 atom stereocenters. The van der Waals surface area contributed by atoms with E-state index >= 15 is 0 Å². The number of ether oxygens (including phenoxy) is 2. The first-order valence-electron chi connectivity index (χ1n) is 5.34. The number of rotatable bonds is 3. The Balaban J connectivity index is 2.23. The van der Waals surface area contributed by atoms with Crippen molar-refractivity contribution in [3.05, 3.63) is 48.0 Å². The van der Waals surface area contributed by atoms with E-state index in [-0.39, 0.29) is 11.9 Å². The molecule has 3 nitrogen and oxygen atoms in total. The highest BCUT2D eigenvalue weighted by molar-refractivity contribution is 5.41. The normalized spacial score (nSPS) is 18.8. The number of halogens is 1. The van der Waals surface area contributed by atoms with Crippen LogP contribution in [0, 0.1) is 5.82 Å². The molecule has 1 aromatic rings. The van der Waals surface area contributed by atoms with Gasteiger partial charge in [0.25, 0.3) is 0 Å². The van der Waals surface area contributed by atoms with Crippen LogP contribution in [-0.2, 0) is 0 Å². The van der Waals surface area contributed by atoms with Gasteiger partial charge in [-0.15, -0.1) is 0 Å². The Hall–Kier alpha value is -1.81. The molecule has 1 unspecified atom stereocenters. The fourth-order valence-electron chi connectivity index (χ4n) is 1.59. The van der Waals surface area contributed by atoms with Gasteiger partial charge in [-0.2, -0.15) is 0 Å². The molecule has 0 saturated heterocycles. The van der Waals surface area contributed by atoms with Crippen LogP contribution < -0.4 is 15.2 Å². The second-order valence-electron chi connectivity index (χ2n) is 3.74. The van der Waals surface area contributed by atoms with E-state index in [0.29, 0.717) is 17.3 Å². The van der Waals surface area contributed by atoms with E-state index in [9.17, 15) is 4.39 Å². The molecular formula is C13H14FNO2. The molecule has 0 saturated carbocycles. The third-order valence-electron chi connectivity index (χ3n) is 2.51. The SMILES string of the molecule is COc1cc(F)ccc1OC1=CC=CCC1N. The lowest BCUT2D eigenvalue weighted by molar-refractivity contribution is 0.339. The molecule has 1 aromatic carbocycles. The zero-order valence-electron chi connectivity index (χ0n) is 9.52. The summed E-state index contributed by atoms with van der Waals surface area (Å²) in [6, 6.07) is 3.96. The second kappa shape index (κ2) is 5.01. The number of methoxy groups -OCH3 is 1. The largest absolute Gasteiger partial charge is 0.493 e. The lowest BCUT2D eigenvalue weighted by atomic mass is 10.1. The molecule has 17 heavy (non-hydrogen) atoms. The maximum Gasteiger partial charge on any atom is 0.169 e. The third-order valence-corrected chi connectivity index (χ3v) is 2.51. The maximum atomic E-state index is 13.0. The number of allylic oxidation sites excluding steroid dienone is 2. The zero-order chi connectivity index (χ0) is 12.3. The average molecular weight is 235 g/mol. The molecule has 2 N–H and O–H groups in total. The smallest absolute Gasteiger partial charge is 0.169 e. The molecule has 4 heteroatoms. The summed E-state index contributed by atoms with van der Waals surface area (Å²) < 4.78 is 23.7. The van der Waals surface area contributed by atoms with Gasteiger partial charge in [0, 0.05) is 6.07 Å². The summed E-state index contributed by atoms with van der Waals surface area (Å²) in [5.74, 6) is 1.10. The molecule has 90 valence electrons. The van der Waals surface area contributed by atoms with Gasteiger partial charge in [-0.3, -0.25) is 0 Å². The van der Waals surface area contributed by atoms with Gasteiger partial charge in [-0.05, 0) is 24.6 Å². The first-order valence-corrected chi connectivity index (χ1v) is 5.34. The van der Waals surface area contributed by atoms with Crippen LogP contribution in [0.2, 0.25) is 0 Å². The van der Waals surface area contributed by atoms with Crippen molar-refractivity contribution in [2.45, 2.75) is 12.5 Å². The van der Waals surface area contributed by atoms with E-state index in [1.54, 1.807) is 6.08 Å². The van der Waals surface area contributed by atoms with Crippen molar-refractivity contribution in [1.29, 1.82) is 0 Å². The third kappa shape index (κ3) is 2.65. The topological polar surface area (TPSA) is 44.5 Å². The van der Waals surface area contributed by atoms with Crippen molar-refractivity contribution in [2.24, 2.45) is 5.73 Å². The minimum absolute atomic E-state index is 0.172. The van der Waals surface area contributed by atoms with Crippen LogP contribution in [0.4, 0.5) is 4.39 Å². The Morgan fingerprint density at radius 1 is 1.35 bits per heavy atom. The van der Waals surface area contributed by atoms with Crippen molar-refractivity contribution >= 4 is 0 Å². The van der Waals surface area contributed by atoms with E-state index in [0.717, 1.165) is 6.42 Å². The van der Waals surface area contributed by atoms with E-state index in [1.807, 2.05) is 12.2 Å². The van der Waals surface area contributed by atoms with Crippen LogP contribution in [-0.4, -0.2) is 13.2 Å². The average Bonchev–Trinajstić information content (AvgIpc) is 2.34. The summed E-state index contributed by atoms with van der Waals surface area (Å²) >= 11 is 0. The first kappa shape index (κ1) is 11.7. The molecule has 0 bridgehead atoms. The van der Waals surface area contributed by atoms with Crippen molar-refractivity contribution in [3.8, 4) is 11.5 Å². The molecule has 0 spiro atoms. The number of hydrogen-bond donors (Lipinski definition) is 1. The van der Waals surface area contributed by atoms with Crippen molar-refractivity contribution in [3.63, 3.8) is 0 Å². The molecule has 0 radical (unpaired) electrons. The van der Waals surface area contributed by atoms with Gasteiger partial charge in [-0.25, -0.2) is 4.39 Å². The second-order valence-corrected chi connectivity index (χ2v) is 3.74. The number of nitrogens with two attached hydrogens (primary N) is 1. The van der Waals surface area contributed by atoms with Gasteiger partial charge in [-0.1, -0.05) is 12.2 Å². The summed E-state index contributed by atoms with van der Waals surface area (Å²) in [4.78, 5) is 0. The Morgan fingerprint density at radius 2 is 2.18 bits per heavy atom. The molecule has 0 fully saturated rings. The summed E-state index contributed by atoms with van der Waals surface area (Å²) in [6.45, 7) is 0. The van der Waals surface area contributed by atoms with Crippen molar-refractivity contribution < 1.29 is 13.9 Å². The molecule has 2 rings (SSSR count). The maximum absolute atomic E-state index is 13.0. The van der Waals surface area contributed by atoms with Gasteiger partial charge in [0.15, 0.2) is 11.5 Å². The minimum atomic E-state index is -0.365. The molecule has 0 aromatic heterocycles. The van der Waals surface area contributed by atoms with E-state index in [1.165, 1.54) is 25.3 Å². The molecule has 1 aliphatic rings. The fraction of sp³-hybridized carbons (Fsp3) is 0.231. The van der Waals surface area contributed by atoms with Crippen LogP contribution in [0.5, 0.6) is 11.5 Å². The van der Waals surface area contributed by atoms with Gasteiger partial charge in [0.05, 0.1) is 13.2 Å². The Bertz CT molecular complexity index is 468. The predicted octanol–water partition coefficient (Wildman–Crippen LogP) is 2.38. The van der Waals surface area contributed by atoms with E-state index in [2.05, 4.69) is 0 Å². The standard InChI is InChI=1S/C13H14FNO2/c1-16-13-8-9(14)6-7-12(13)17-11-5-3-2-4-10(11)15/h2-3,5-8,10H,4,15H2,1H3. The highest BCUT2D eigenvalue weighted by Gasteiger charge is 2.15. The van der Waals surface area contributed by atoms with Gasteiger partial charge in [0.2, 0.25) is 0 Å². The van der Waals surface area contributed by atoms with E-state index in [4.69, 9.17) is 15.2 Å². The molecule has 0 heterocycles. The van der Waals surface area contributed by atoms with Crippen LogP contribution in [0.3, 0.4) is 0 Å². The molecule has 1 aliphatic carbocycles. The monoisotopic (exact) mass is 235 g/mol. The Labute approximate surface area is 99.3 Å². The first-order chi connectivity index (χ1) is 8.20. The number of hydrogen-bond acceptors (Lipinski definition) is 3. The summed E-state index contributed by atoms with van der Waals surface area (Å²) in [5, 5.41) is 0. The Kier molecular flexibility index (Phi) is 3.44. The highest BCUT2D eigenvalue weighted by atomic mass is 19.1. The Morgan fingerprint density at radius 3 is 2.88 bits per heavy atom. The summed E-state index contributed by atoms with van der Waals surface area (Å²) in [5.41, 5.74) is 5.89. The predicted molar refractivity (Wildman–Crippen MR) is 63.4 cm³/mol. The molecule has 0 amide bonds. The van der Waals surface area contributed by atoms with Gasteiger partial charge in [0.1, 0.15) is 11.6 Å². The van der Waals surface area contributed by atoms with Crippen molar-refractivity contribution in [1.82, 2.24) is 0 Å². The van der Waals surface area contributed by atoms with Crippen LogP contribution >= 0.6 is 0 Å². The quantitative estimate of drug-likeness (QED) is 0.874. The number of benzene rings is 1. The van der Waals surface area contributed by atoms with Crippen LogP contribution in [0.15, 0.2) is 42.2 Å². The van der Waals surface area contributed by atoms with E-state index < -0.39 is 0 Å². The lowest BCUT2D eigenvalue weighted by Gasteiger charge is -2.19. The van der Waals surface area contributed by atoms with Crippen LogP contribution in [0.1, 0.15) is 6.42 Å². The lowest BCUT2D eigenvalue weighted by Crippen LogP contribution is -2.26. The highest BCUT2D eigenvalue weighted by Crippen LogP contribution is 2.30. The summed E-state index contributed by atoms with van der Waals surface area (Å²) in [6.07, 6.45) is 6.39. The summed E-state index contributed by atoms with van der Waals surface area (Å²) in [7, 11) is 1.47. The van der Waals surface area contributed by atoms with Gasteiger partial charge < -0.3 is 15.2 Å². The fourth-order valence-corrected chi connectivity index (χ4v) is 1.59. The molecular weight excluding hydrogens is 221 g/mol.